The molecule has 2 aromatic rings. The summed E-state index contributed by atoms with van der Waals surface area (Å²) >= 11 is 3.44. The number of aromatic nitrogens is 2. The third-order valence-corrected chi connectivity index (χ3v) is 4.63. The molecule has 1 N–H and O–H groups in total. The highest BCUT2D eigenvalue weighted by molar-refractivity contribution is 9.10. The normalized spacial score (nSPS) is 15.3. The number of benzene rings is 1. The van der Waals surface area contributed by atoms with Gasteiger partial charge < -0.3 is 5.32 Å². The molecular weight excluding hydrogens is 358 g/mol. The lowest BCUT2D eigenvalue weighted by molar-refractivity contribution is -0.119. The van der Waals surface area contributed by atoms with Crippen LogP contribution in [0.25, 0.3) is 0 Å². The molecule has 1 amide bonds. The van der Waals surface area contributed by atoms with E-state index in [9.17, 15) is 9.59 Å². The summed E-state index contributed by atoms with van der Waals surface area (Å²) in [5.74, 6) is 0.167. The Labute approximate surface area is 142 Å². The SMILES string of the molecule is Cc1ccc(NC(=O)C(C)n2nc(C3CC3)ccc2=O)c(Br)c1. The molecule has 1 unspecified atom stereocenters. The second kappa shape index (κ2) is 6.28. The highest BCUT2D eigenvalue weighted by Crippen LogP contribution is 2.38. The summed E-state index contributed by atoms with van der Waals surface area (Å²) in [6, 6.07) is 8.27. The van der Waals surface area contributed by atoms with Gasteiger partial charge in [0.2, 0.25) is 5.91 Å². The van der Waals surface area contributed by atoms with Gasteiger partial charge in [0.1, 0.15) is 6.04 Å². The highest BCUT2D eigenvalue weighted by Gasteiger charge is 2.27. The van der Waals surface area contributed by atoms with Crippen LogP contribution in [0.3, 0.4) is 0 Å². The maximum absolute atomic E-state index is 12.5. The Kier molecular flexibility index (Phi) is 4.35. The number of carbonyl (C=O) groups excluding carboxylic acids is 1. The summed E-state index contributed by atoms with van der Waals surface area (Å²) in [5.41, 5.74) is 2.40. The molecule has 120 valence electrons. The third kappa shape index (κ3) is 3.52. The van der Waals surface area contributed by atoms with E-state index in [1.807, 2.05) is 25.1 Å². The molecule has 0 aliphatic heterocycles. The van der Waals surface area contributed by atoms with Crippen LogP contribution in [0, 0.1) is 6.92 Å². The van der Waals surface area contributed by atoms with E-state index in [0.29, 0.717) is 11.6 Å². The van der Waals surface area contributed by atoms with Gasteiger partial charge in [-0.2, -0.15) is 5.10 Å². The zero-order valence-corrected chi connectivity index (χ0v) is 14.6. The van der Waals surface area contributed by atoms with Crippen LogP contribution in [-0.4, -0.2) is 15.7 Å². The molecule has 0 spiro atoms. The number of rotatable bonds is 4. The van der Waals surface area contributed by atoms with Crippen LogP contribution in [0.4, 0.5) is 5.69 Å². The molecule has 6 heteroatoms. The van der Waals surface area contributed by atoms with Gasteiger partial charge >= 0.3 is 0 Å². The molecule has 0 bridgehead atoms. The topological polar surface area (TPSA) is 64.0 Å². The summed E-state index contributed by atoms with van der Waals surface area (Å²) in [4.78, 5) is 24.5. The molecular formula is C17H18BrN3O2. The lowest BCUT2D eigenvalue weighted by atomic mass is 10.2. The summed E-state index contributed by atoms with van der Waals surface area (Å²) < 4.78 is 2.08. The van der Waals surface area contributed by atoms with E-state index in [1.165, 1.54) is 10.7 Å². The first-order chi connectivity index (χ1) is 11.0. The van der Waals surface area contributed by atoms with E-state index in [2.05, 4.69) is 26.3 Å². The number of carbonyl (C=O) groups is 1. The van der Waals surface area contributed by atoms with Crippen LogP contribution in [0.1, 0.15) is 43.0 Å². The van der Waals surface area contributed by atoms with Crippen molar-refractivity contribution in [1.82, 2.24) is 9.78 Å². The molecule has 1 heterocycles. The molecule has 1 aromatic heterocycles. The van der Waals surface area contributed by atoms with Crippen LogP contribution >= 0.6 is 15.9 Å². The van der Waals surface area contributed by atoms with Crippen molar-refractivity contribution in [3.8, 4) is 0 Å². The fourth-order valence-electron chi connectivity index (χ4n) is 2.38. The number of anilines is 1. The molecule has 1 aromatic carbocycles. The Morgan fingerprint density at radius 1 is 1.35 bits per heavy atom. The first-order valence-corrected chi connectivity index (χ1v) is 8.42. The van der Waals surface area contributed by atoms with E-state index < -0.39 is 6.04 Å². The van der Waals surface area contributed by atoms with E-state index in [1.54, 1.807) is 13.0 Å². The predicted molar refractivity (Wildman–Crippen MR) is 92.7 cm³/mol. The number of nitrogens with one attached hydrogen (secondary N) is 1. The quantitative estimate of drug-likeness (QED) is 0.890. The fraction of sp³-hybridized carbons (Fsp3) is 0.353. The number of hydrogen-bond donors (Lipinski definition) is 1. The summed E-state index contributed by atoms with van der Waals surface area (Å²) in [5, 5.41) is 7.21. The van der Waals surface area contributed by atoms with Crippen LogP contribution < -0.4 is 10.9 Å². The van der Waals surface area contributed by atoms with Crippen LogP contribution in [0.15, 0.2) is 39.6 Å². The average molecular weight is 376 g/mol. The fourth-order valence-corrected chi connectivity index (χ4v) is 2.98. The number of amides is 1. The first kappa shape index (κ1) is 15.9. The van der Waals surface area contributed by atoms with Gasteiger partial charge in [-0.25, -0.2) is 4.68 Å². The molecule has 1 aliphatic rings. The van der Waals surface area contributed by atoms with E-state index in [0.717, 1.165) is 28.6 Å². The van der Waals surface area contributed by atoms with Gasteiger partial charge in [0.15, 0.2) is 0 Å². The van der Waals surface area contributed by atoms with Crippen molar-refractivity contribution in [3.63, 3.8) is 0 Å². The molecule has 1 saturated carbocycles. The smallest absolute Gasteiger partial charge is 0.267 e. The minimum absolute atomic E-state index is 0.264. The third-order valence-electron chi connectivity index (χ3n) is 3.97. The zero-order chi connectivity index (χ0) is 16.6. The largest absolute Gasteiger partial charge is 0.323 e. The maximum atomic E-state index is 12.5. The maximum Gasteiger partial charge on any atom is 0.267 e. The van der Waals surface area contributed by atoms with Gasteiger partial charge in [0, 0.05) is 16.5 Å². The first-order valence-electron chi connectivity index (χ1n) is 7.62. The molecule has 5 nitrogen and oxygen atoms in total. The van der Waals surface area contributed by atoms with E-state index in [-0.39, 0.29) is 11.5 Å². The van der Waals surface area contributed by atoms with Crippen molar-refractivity contribution in [3.05, 3.63) is 56.4 Å². The Morgan fingerprint density at radius 3 is 2.74 bits per heavy atom. The predicted octanol–water partition coefficient (Wildman–Crippen LogP) is 3.39. The molecule has 0 saturated heterocycles. The molecule has 1 aliphatic carbocycles. The van der Waals surface area contributed by atoms with Gasteiger partial charge in [0.25, 0.3) is 5.56 Å². The zero-order valence-electron chi connectivity index (χ0n) is 13.0. The standard InChI is InChI=1S/C17H18BrN3O2/c1-10-3-6-15(13(18)9-10)19-17(23)11(2)21-16(22)8-7-14(20-21)12-4-5-12/h3,6-9,11-12H,4-5H2,1-2H3,(H,19,23). The van der Waals surface area contributed by atoms with E-state index in [4.69, 9.17) is 0 Å². The number of aryl methyl sites for hydroxylation is 1. The lowest BCUT2D eigenvalue weighted by Gasteiger charge is -2.15. The van der Waals surface area contributed by atoms with Crippen molar-refractivity contribution in [1.29, 1.82) is 0 Å². The second-order valence-electron chi connectivity index (χ2n) is 5.96. The molecule has 23 heavy (non-hydrogen) atoms. The van der Waals surface area contributed by atoms with Crippen LogP contribution in [-0.2, 0) is 4.79 Å². The number of nitrogens with zero attached hydrogens (tertiary/aromatic N) is 2. The van der Waals surface area contributed by atoms with Crippen LogP contribution in [0.5, 0.6) is 0 Å². The van der Waals surface area contributed by atoms with E-state index >= 15 is 0 Å². The number of hydrogen-bond acceptors (Lipinski definition) is 3. The van der Waals surface area contributed by atoms with Crippen LogP contribution in [0.2, 0.25) is 0 Å². The van der Waals surface area contributed by atoms with Crippen molar-refractivity contribution >= 4 is 27.5 Å². The summed E-state index contributed by atoms with van der Waals surface area (Å²) in [6.07, 6.45) is 2.20. The molecule has 3 rings (SSSR count). The van der Waals surface area contributed by atoms with Gasteiger partial charge in [0.05, 0.1) is 11.4 Å². The lowest BCUT2D eigenvalue weighted by Crippen LogP contribution is -2.33. The summed E-state index contributed by atoms with van der Waals surface area (Å²) in [6.45, 7) is 3.66. The van der Waals surface area contributed by atoms with Crippen molar-refractivity contribution in [2.75, 3.05) is 5.32 Å². The Balaban J connectivity index is 1.82. The minimum Gasteiger partial charge on any atom is -0.323 e. The Hall–Kier alpha value is -1.95. The monoisotopic (exact) mass is 375 g/mol. The molecule has 1 atom stereocenters. The average Bonchev–Trinajstić information content (AvgIpc) is 3.34. The summed E-state index contributed by atoms with van der Waals surface area (Å²) in [7, 11) is 0. The van der Waals surface area contributed by atoms with Crippen molar-refractivity contribution in [2.45, 2.75) is 38.6 Å². The van der Waals surface area contributed by atoms with Gasteiger partial charge in [-0.05, 0) is 66.4 Å². The minimum atomic E-state index is -0.672. The van der Waals surface area contributed by atoms with Crippen molar-refractivity contribution < 1.29 is 4.79 Å². The van der Waals surface area contributed by atoms with Gasteiger partial charge in [-0.15, -0.1) is 0 Å². The molecule has 1 fully saturated rings. The Bertz CT molecular complexity index is 812. The molecule has 0 radical (unpaired) electrons. The number of halogens is 1. The highest BCUT2D eigenvalue weighted by atomic mass is 79.9. The Morgan fingerprint density at radius 2 is 2.09 bits per heavy atom. The van der Waals surface area contributed by atoms with Gasteiger partial charge in [-0.3, -0.25) is 9.59 Å². The second-order valence-corrected chi connectivity index (χ2v) is 6.82. The van der Waals surface area contributed by atoms with Crippen molar-refractivity contribution in [2.24, 2.45) is 0 Å². The van der Waals surface area contributed by atoms with Gasteiger partial charge in [-0.1, -0.05) is 6.07 Å².